The van der Waals surface area contributed by atoms with Crippen LogP contribution in [0.4, 0.5) is 0 Å². The van der Waals surface area contributed by atoms with Crippen molar-refractivity contribution in [3.8, 4) is 0 Å². The van der Waals surface area contributed by atoms with Crippen molar-refractivity contribution in [2.24, 2.45) is 0 Å². The minimum absolute atomic E-state index is 0.136. The van der Waals surface area contributed by atoms with Crippen molar-refractivity contribution in [2.45, 2.75) is 58.5 Å². The van der Waals surface area contributed by atoms with Crippen molar-refractivity contribution in [3.63, 3.8) is 0 Å². The SMILES string of the molecule is CCCCCCCCNC(=O)COCC(=O)NCc1cccc(CNC(=O)CO)c1. The van der Waals surface area contributed by atoms with Crippen molar-refractivity contribution in [1.82, 2.24) is 16.0 Å². The number of benzene rings is 1. The van der Waals surface area contributed by atoms with E-state index in [2.05, 4.69) is 22.9 Å². The van der Waals surface area contributed by atoms with Crippen LogP contribution in [0.3, 0.4) is 0 Å². The summed E-state index contributed by atoms with van der Waals surface area (Å²) >= 11 is 0. The molecular formula is C22H35N3O5. The highest BCUT2D eigenvalue weighted by atomic mass is 16.5. The van der Waals surface area contributed by atoms with Gasteiger partial charge in [-0.05, 0) is 17.5 Å². The van der Waals surface area contributed by atoms with Crippen LogP contribution >= 0.6 is 0 Å². The van der Waals surface area contributed by atoms with Crippen molar-refractivity contribution in [3.05, 3.63) is 35.4 Å². The highest BCUT2D eigenvalue weighted by Crippen LogP contribution is 2.05. The van der Waals surface area contributed by atoms with E-state index in [9.17, 15) is 14.4 Å². The Morgan fingerprint density at radius 3 is 2.03 bits per heavy atom. The molecule has 0 saturated heterocycles. The summed E-state index contributed by atoms with van der Waals surface area (Å²) < 4.78 is 5.16. The second-order valence-corrected chi connectivity index (χ2v) is 7.14. The largest absolute Gasteiger partial charge is 0.387 e. The van der Waals surface area contributed by atoms with Gasteiger partial charge < -0.3 is 25.8 Å². The molecule has 0 unspecified atom stereocenters. The van der Waals surface area contributed by atoms with Gasteiger partial charge in [0.1, 0.15) is 19.8 Å². The van der Waals surface area contributed by atoms with Crippen LogP contribution in [-0.4, -0.2) is 49.2 Å². The van der Waals surface area contributed by atoms with Gasteiger partial charge in [-0.15, -0.1) is 0 Å². The third-order valence-corrected chi connectivity index (χ3v) is 4.43. The normalized spacial score (nSPS) is 10.5. The number of aliphatic hydroxyl groups is 1. The van der Waals surface area contributed by atoms with Gasteiger partial charge in [-0.1, -0.05) is 63.3 Å². The van der Waals surface area contributed by atoms with Gasteiger partial charge in [-0.3, -0.25) is 14.4 Å². The number of carbonyl (C=O) groups excluding carboxylic acids is 3. The van der Waals surface area contributed by atoms with Gasteiger partial charge in [0.2, 0.25) is 17.7 Å². The molecule has 0 aromatic heterocycles. The Balaban J connectivity index is 2.13. The molecule has 30 heavy (non-hydrogen) atoms. The van der Waals surface area contributed by atoms with Crippen LogP contribution in [-0.2, 0) is 32.2 Å². The van der Waals surface area contributed by atoms with E-state index in [-0.39, 0.29) is 25.0 Å². The number of rotatable bonds is 16. The van der Waals surface area contributed by atoms with Gasteiger partial charge in [-0.2, -0.15) is 0 Å². The third kappa shape index (κ3) is 12.9. The fourth-order valence-electron chi connectivity index (χ4n) is 2.78. The highest BCUT2D eigenvalue weighted by Gasteiger charge is 2.06. The molecule has 1 aromatic carbocycles. The molecule has 0 spiro atoms. The standard InChI is InChI=1S/C22H35N3O5/c1-2-3-4-5-6-7-11-23-21(28)16-30-17-22(29)25-14-19-10-8-9-18(12-19)13-24-20(27)15-26/h8-10,12,26H,2-7,11,13-17H2,1H3,(H,23,28)(H,24,27)(H,25,29). The molecule has 0 aliphatic heterocycles. The fourth-order valence-corrected chi connectivity index (χ4v) is 2.78. The maximum atomic E-state index is 11.9. The first kappa shape index (κ1) is 25.6. The second-order valence-electron chi connectivity index (χ2n) is 7.14. The number of aliphatic hydroxyl groups excluding tert-OH is 1. The zero-order valence-corrected chi connectivity index (χ0v) is 17.9. The minimum atomic E-state index is -0.549. The number of ether oxygens (including phenoxy) is 1. The summed E-state index contributed by atoms with van der Waals surface area (Å²) in [6.07, 6.45) is 6.99. The van der Waals surface area contributed by atoms with Crippen molar-refractivity contribution in [2.75, 3.05) is 26.4 Å². The summed E-state index contributed by atoms with van der Waals surface area (Å²) in [6.45, 7) is 2.57. The van der Waals surface area contributed by atoms with Crippen molar-refractivity contribution in [1.29, 1.82) is 0 Å². The molecule has 1 rings (SSSR count). The molecule has 8 heteroatoms. The van der Waals surface area contributed by atoms with Crippen molar-refractivity contribution < 1.29 is 24.2 Å². The van der Waals surface area contributed by atoms with Crippen LogP contribution in [0.25, 0.3) is 0 Å². The summed E-state index contributed by atoms with van der Waals surface area (Å²) in [7, 11) is 0. The van der Waals surface area contributed by atoms with Gasteiger partial charge in [0.15, 0.2) is 0 Å². The zero-order chi connectivity index (χ0) is 22.0. The molecule has 0 radical (unpaired) electrons. The molecule has 3 amide bonds. The quantitative estimate of drug-likeness (QED) is 0.301. The van der Waals surface area contributed by atoms with Gasteiger partial charge in [0, 0.05) is 19.6 Å². The third-order valence-electron chi connectivity index (χ3n) is 4.43. The van der Waals surface area contributed by atoms with Gasteiger partial charge >= 0.3 is 0 Å². The Morgan fingerprint density at radius 2 is 1.40 bits per heavy atom. The molecule has 0 aliphatic carbocycles. The van der Waals surface area contributed by atoms with Crippen LogP contribution in [0.2, 0.25) is 0 Å². The maximum Gasteiger partial charge on any atom is 0.246 e. The molecule has 1 aromatic rings. The summed E-state index contributed by atoms with van der Waals surface area (Å²) in [5.41, 5.74) is 1.73. The monoisotopic (exact) mass is 421 g/mol. The summed E-state index contributed by atoms with van der Waals surface area (Å²) in [5.74, 6) is -0.964. The van der Waals surface area contributed by atoms with Gasteiger partial charge in [0.25, 0.3) is 0 Å². The smallest absolute Gasteiger partial charge is 0.246 e. The lowest BCUT2D eigenvalue weighted by Crippen LogP contribution is -2.32. The Labute approximate surface area is 178 Å². The fraction of sp³-hybridized carbons (Fsp3) is 0.591. The molecule has 0 saturated carbocycles. The van der Waals surface area contributed by atoms with Crippen LogP contribution in [0.5, 0.6) is 0 Å². The van der Waals surface area contributed by atoms with E-state index in [4.69, 9.17) is 9.84 Å². The Kier molecular flexibility index (Phi) is 14.0. The number of carbonyl (C=O) groups is 3. The summed E-state index contributed by atoms with van der Waals surface area (Å²) in [6, 6.07) is 7.38. The Bertz CT molecular complexity index is 651. The molecule has 0 heterocycles. The van der Waals surface area contributed by atoms with Gasteiger partial charge in [0.05, 0.1) is 0 Å². The first-order valence-electron chi connectivity index (χ1n) is 10.6. The van der Waals surface area contributed by atoms with Crippen LogP contribution < -0.4 is 16.0 Å². The number of amides is 3. The molecular weight excluding hydrogens is 386 g/mol. The lowest BCUT2D eigenvalue weighted by atomic mass is 10.1. The molecule has 4 N–H and O–H groups in total. The van der Waals surface area contributed by atoms with E-state index in [1.807, 2.05) is 24.3 Å². The number of hydrogen-bond acceptors (Lipinski definition) is 5. The van der Waals surface area contributed by atoms with Crippen molar-refractivity contribution >= 4 is 17.7 Å². The average molecular weight is 422 g/mol. The van der Waals surface area contributed by atoms with Crippen LogP contribution in [0, 0.1) is 0 Å². The average Bonchev–Trinajstić information content (AvgIpc) is 2.75. The van der Waals surface area contributed by atoms with E-state index in [1.165, 1.54) is 25.7 Å². The Morgan fingerprint density at radius 1 is 0.833 bits per heavy atom. The molecule has 8 nitrogen and oxygen atoms in total. The lowest BCUT2D eigenvalue weighted by Gasteiger charge is -2.09. The molecule has 0 aliphatic rings. The molecule has 168 valence electrons. The van der Waals surface area contributed by atoms with E-state index in [1.54, 1.807) is 0 Å². The Hall–Kier alpha value is -2.45. The summed E-state index contributed by atoms with van der Waals surface area (Å²) in [4.78, 5) is 34.7. The first-order chi connectivity index (χ1) is 14.5. The summed E-state index contributed by atoms with van der Waals surface area (Å²) in [5, 5.41) is 16.8. The zero-order valence-electron chi connectivity index (χ0n) is 17.9. The van der Waals surface area contributed by atoms with E-state index >= 15 is 0 Å². The molecule has 0 fully saturated rings. The second kappa shape index (κ2) is 16.4. The first-order valence-corrected chi connectivity index (χ1v) is 10.6. The predicted molar refractivity (Wildman–Crippen MR) is 114 cm³/mol. The van der Waals surface area contributed by atoms with E-state index in [0.29, 0.717) is 19.6 Å². The number of unbranched alkanes of at least 4 members (excludes halogenated alkanes) is 5. The van der Waals surface area contributed by atoms with Crippen LogP contribution in [0.1, 0.15) is 56.6 Å². The van der Waals surface area contributed by atoms with E-state index < -0.39 is 12.5 Å². The minimum Gasteiger partial charge on any atom is -0.387 e. The highest BCUT2D eigenvalue weighted by molar-refractivity contribution is 5.79. The topological polar surface area (TPSA) is 117 Å². The van der Waals surface area contributed by atoms with E-state index in [0.717, 1.165) is 24.0 Å². The number of hydrogen-bond donors (Lipinski definition) is 4. The lowest BCUT2D eigenvalue weighted by molar-refractivity contribution is -0.131. The van der Waals surface area contributed by atoms with Gasteiger partial charge in [-0.25, -0.2) is 0 Å². The van der Waals surface area contributed by atoms with Crippen LogP contribution in [0.15, 0.2) is 24.3 Å². The maximum absolute atomic E-state index is 11.9. The molecule has 0 bridgehead atoms. The number of nitrogens with one attached hydrogen (secondary N) is 3. The predicted octanol–water partition coefficient (Wildman–Crippen LogP) is 1.40. The molecule has 0 atom stereocenters.